The second-order valence-corrected chi connectivity index (χ2v) is 3.00. The number of para-hydroxylation sites is 2. The zero-order valence-corrected chi connectivity index (χ0v) is 8.27. The van der Waals surface area contributed by atoms with Crippen molar-refractivity contribution in [2.75, 3.05) is 18.5 Å². The molecule has 0 saturated carbocycles. The van der Waals surface area contributed by atoms with Crippen LogP contribution in [0.1, 0.15) is 0 Å². The molecule has 0 atom stereocenters. The molecule has 0 unspecified atom stereocenters. The smallest absolute Gasteiger partial charge is 0.170 e. The van der Waals surface area contributed by atoms with Gasteiger partial charge in [-0.05, 0) is 24.4 Å². The van der Waals surface area contributed by atoms with Crippen molar-refractivity contribution in [3.05, 3.63) is 24.3 Å². The number of thiocarbonyl (C=S) groups is 1. The van der Waals surface area contributed by atoms with E-state index in [9.17, 15) is 9.50 Å². The van der Waals surface area contributed by atoms with Crippen molar-refractivity contribution in [2.24, 2.45) is 0 Å². The van der Waals surface area contributed by atoms with E-state index in [1.54, 1.807) is 24.3 Å². The minimum atomic E-state index is -0.484. The van der Waals surface area contributed by atoms with Crippen LogP contribution in [-0.4, -0.2) is 23.4 Å². The molecule has 76 valence electrons. The first-order chi connectivity index (χ1) is 6.74. The Morgan fingerprint density at radius 2 is 2.14 bits per heavy atom. The van der Waals surface area contributed by atoms with Crippen LogP contribution < -0.4 is 10.6 Å². The number of phenols is 1. The molecule has 3 N–H and O–H groups in total. The molecule has 0 amide bonds. The molecule has 14 heavy (non-hydrogen) atoms. The quantitative estimate of drug-likeness (QED) is 0.529. The van der Waals surface area contributed by atoms with E-state index in [4.69, 9.17) is 12.2 Å². The van der Waals surface area contributed by atoms with Crippen molar-refractivity contribution in [3.8, 4) is 5.75 Å². The third-order valence-electron chi connectivity index (χ3n) is 1.53. The molecule has 0 aliphatic carbocycles. The number of aromatic hydroxyl groups is 1. The fraction of sp³-hybridized carbons (Fsp3) is 0.222. The Morgan fingerprint density at radius 3 is 2.79 bits per heavy atom. The Morgan fingerprint density at radius 1 is 1.43 bits per heavy atom. The van der Waals surface area contributed by atoms with Gasteiger partial charge < -0.3 is 15.7 Å². The Labute approximate surface area is 86.9 Å². The number of hydrogen-bond donors (Lipinski definition) is 3. The van der Waals surface area contributed by atoms with Gasteiger partial charge in [0, 0.05) is 6.54 Å². The van der Waals surface area contributed by atoms with E-state index in [-0.39, 0.29) is 12.3 Å². The van der Waals surface area contributed by atoms with Gasteiger partial charge in [-0.2, -0.15) is 0 Å². The molecule has 0 aliphatic heterocycles. The Balaban J connectivity index is 2.52. The highest BCUT2D eigenvalue weighted by Gasteiger charge is 2.00. The molecular weight excluding hydrogens is 203 g/mol. The van der Waals surface area contributed by atoms with Gasteiger partial charge in [0.25, 0.3) is 0 Å². The van der Waals surface area contributed by atoms with Crippen LogP contribution in [0.25, 0.3) is 0 Å². The van der Waals surface area contributed by atoms with Crippen LogP contribution in [0.3, 0.4) is 0 Å². The molecule has 0 radical (unpaired) electrons. The number of rotatable bonds is 3. The van der Waals surface area contributed by atoms with E-state index in [2.05, 4.69) is 10.6 Å². The number of nitrogens with one attached hydrogen (secondary N) is 2. The lowest BCUT2D eigenvalue weighted by atomic mass is 10.3. The van der Waals surface area contributed by atoms with Crippen LogP contribution in [0.15, 0.2) is 24.3 Å². The molecule has 1 aromatic carbocycles. The molecule has 1 rings (SSSR count). The minimum absolute atomic E-state index is 0.108. The summed E-state index contributed by atoms with van der Waals surface area (Å²) in [5.74, 6) is 0.108. The van der Waals surface area contributed by atoms with Gasteiger partial charge in [0.15, 0.2) is 5.11 Å². The zero-order chi connectivity index (χ0) is 10.4. The summed E-state index contributed by atoms with van der Waals surface area (Å²) < 4.78 is 11.8. The van der Waals surface area contributed by atoms with E-state index >= 15 is 0 Å². The van der Waals surface area contributed by atoms with E-state index in [0.29, 0.717) is 10.8 Å². The standard InChI is InChI=1S/C9H11FN2OS/c10-5-6-11-9(14)12-7-3-1-2-4-8(7)13/h1-4,13H,5-6H2,(H2,11,12,14). The topological polar surface area (TPSA) is 44.3 Å². The second-order valence-electron chi connectivity index (χ2n) is 2.59. The van der Waals surface area contributed by atoms with Crippen LogP contribution in [0, 0.1) is 0 Å². The number of alkyl halides is 1. The summed E-state index contributed by atoms with van der Waals surface area (Å²) in [5, 5.41) is 15.0. The summed E-state index contributed by atoms with van der Waals surface area (Å²) in [7, 11) is 0. The minimum Gasteiger partial charge on any atom is -0.506 e. The molecule has 0 heterocycles. The zero-order valence-electron chi connectivity index (χ0n) is 7.46. The van der Waals surface area contributed by atoms with Gasteiger partial charge in [-0.15, -0.1) is 0 Å². The summed E-state index contributed by atoms with van der Waals surface area (Å²) in [6, 6.07) is 6.69. The van der Waals surface area contributed by atoms with Crippen LogP contribution in [-0.2, 0) is 0 Å². The van der Waals surface area contributed by atoms with Gasteiger partial charge in [0.05, 0.1) is 5.69 Å². The van der Waals surface area contributed by atoms with Crippen molar-refractivity contribution in [1.82, 2.24) is 5.32 Å². The summed E-state index contributed by atoms with van der Waals surface area (Å²) in [4.78, 5) is 0. The maximum absolute atomic E-state index is 11.8. The SMILES string of the molecule is Oc1ccccc1NC(=S)NCCF. The maximum atomic E-state index is 11.8. The summed E-state index contributed by atoms with van der Waals surface area (Å²) >= 11 is 4.86. The lowest BCUT2D eigenvalue weighted by Gasteiger charge is -2.09. The van der Waals surface area contributed by atoms with E-state index in [1.165, 1.54) is 0 Å². The van der Waals surface area contributed by atoms with Crippen molar-refractivity contribution >= 4 is 23.0 Å². The first kappa shape index (κ1) is 10.7. The van der Waals surface area contributed by atoms with Crippen molar-refractivity contribution < 1.29 is 9.50 Å². The van der Waals surface area contributed by atoms with Gasteiger partial charge in [-0.25, -0.2) is 4.39 Å². The predicted octanol–water partition coefficient (Wildman–Crippen LogP) is 1.65. The van der Waals surface area contributed by atoms with Crippen LogP contribution in [0.5, 0.6) is 5.75 Å². The molecule has 0 fully saturated rings. The number of anilines is 1. The van der Waals surface area contributed by atoms with Crippen molar-refractivity contribution in [2.45, 2.75) is 0 Å². The molecule has 0 spiro atoms. The van der Waals surface area contributed by atoms with Crippen LogP contribution in [0.2, 0.25) is 0 Å². The highest BCUT2D eigenvalue weighted by Crippen LogP contribution is 2.20. The average molecular weight is 214 g/mol. The summed E-state index contributed by atoms with van der Waals surface area (Å²) in [5.41, 5.74) is 0.504. The van der Waals surface area contributed by atoms with Crippen molar-refractivity contribution in [1.29, 1.82) is 0 Å². The molecule has 0 bridgehead atoms. The molecule has 5 heteroatoms. The fourth-order valence-corrected chi connectivity index (χ4v) is 1.12. The normalized spacial score (nSPS) is 9.50. The monoisotopic (exact) mass is 214 g/mol. The highest BCUT2D eigenvalue weighted by atomic mass is 32.1. The highest BCUT2D eigenvalue weighted by molar-refractivity contribution is 7.80. The third kappa shape index (κ3) is 3.18. The van der Waals surface area contributed by atoms with E-state index in [1.807, 2.05) is 0 Å². The molecular formula is C9H11FN2OS. The molecule has 1 aromatic rings. The second kappa shape index (κ2) is 5.39. The predicted molar refractivity (Wildman–Crippen MR) is 58.3 cm³/mol. The average Bonchev–Trinajstić information content (AvgIpc) is 2.18. The summed E-state index contributed by atoms with van der Waals surface area (Å²) in [6.45, 7) is -0.317. The van der Waals surface area contributed by atoms with E-state index in [0.717, 1.165) is 0 Å². The number of phenolic OH excluding ortho intramolecular Hbond substituents is 1. The molecule has 0 aliphatic rings. The van der Waals surface area contributed by atoms with E-state index < -0.39 is 6.67 Å². The first-order valence-electron chi connectivity index (χ1n) is 4.13. The fourth-order valence-electron chi connectivity index (χ4n) is 0.907. The molecule has 0 aromatic heterocycles. The lowest BCUT2D eigenvalue weighted by molar-refractivity contribution is 0.477. The maximum Gasteiger partial charge on any atom is 0.170 e. The molecule has 0 saturated heterocycles. The third-order valence-corrected chi connectivity index (χ3v) is 1.78. The van der Waals surface area contributed by atoms with Gasteiger partial charge >= 0.3 is 0 Å². The largest absolute Gasteiger partial charge is 0.506 e. The van der Waals surface area contributed by atoms with Gasteiger partial charge in [0.1, 0.15) is 12.4 Å². The molecule has 3 nitrogen and oxygen atoms in total. The van der Waals surface area contributed by atoms with Crippen molar-refractivity contribution in [3.63, 3.8) is 0 Å². The van der Waals surface area contributed by atoms with Gasteiger partial charge in [-0.1, -0.05) is 12.1 Å². The Bertz CT molecular complexity index is 319. The number of halogens is 1. The van der Waals surface area contributed by atoms with Gasteiger partial charge in [-0.3, -0.25) is 0 Å². The summed E-state index contributed by atoms with van der Waals surface area (Å²) in [6.07, 6.45) is 0. The van der Waals surface area contributed by atoms with Crippen LogP contribution >= 0.6 is 12.2 Å². The Kier molecular flexibility index (Phi) is 4.12. The Hall–Kier alpha value is -1.36. The number of benzene rings is 1. The lowest BCUT2D eigenvalue weighted by Crippen LogP contribution is -2.30. The first-order valence-corrected chi connectivity index (χ1v) is 4.53. The van der Waals surface area contributed by atoms with Gasteiger partial charge in [0.2, 0.25) is 0 Å². The number of hydrogen-bond acceptors (Lipinski definition) is 2. The van der Waals surface area contributed by atoms with Crippen LogP contribution in [0.4, 0.5) is 10.1 Å².